The SMILES string of the molecule is CC1Oc2ccc(NC(=O)C3(c4cccc(F)c4)CCC3)cc2NC1=O. The van der Waals surface area contributed by atoms with Gasteiger partial charge in [-0.2, -0.15) is 0 Å². The maximum Gasteiger partial charge on any atom is 0.265 e. The molecule has 2 aliphatic rings. The zero-order chi connectivity index (χ0) is 18.3. The normalized spacial score (nSPS) is 20.2. The summed E-state index contributed by atoms with van der Waals surface area (Å²) in [6, 6.07) is 11.4. The van der Waals surface area contributed by atoms with Crippen LogP contribution in [0.5, 0.6) is 5.75 Å². The van der Waals surface area contributed by atoms with Crippen molar-refractivity contribution < 1.29 is 18.7 Å². The lowest BCUT2D eigenvalue weighted by molar-refractivity contribution is -0.124. The highest BCUT2D eigenvalue weighted by Gasteiger charge is 2.45. The monoisotopic (exact) mass is 354 g/mol. The topological polar surface area (TPSA) is 67.4 Å². The summed E-state index contributed by atoms with van der Waals surface area (Å²) in [4.78, 5) is 24.7. The van der Waals surface area contributed by atoms with E-state index in [1.54, 1.807) is 37.3 Å². The summed E-state index contributed by atoms with van der Waals surface area (Å²) in [5, 5.41) is 5.67. The molecule has 0 aromatic heterocycles. The predicted octanol–water partition coefficient (Wildman–Crippen LogP) is 3.61. The Morgan fingerprint density at radius 1 is 1.27 bits per heavy atom. The van der Waals surface area contributed by atoms with Gasteiger partial charge in [-0.3, -0.25) is 9.59 Å². The fraction of sp³-hybridized carbons (Fsp3) is 0.300. The number of amides is 2. The minimum absolute atomic E-state index is 0.161. The molecule has 2 N–H and O–H groups in total. The van der Waals surface area contributed by atoms with E-state index in [-0.39, 0.29) is 17.6 Å². The van der Waals surface area contributed by atoms with Gasteiger partial charge in [-0.05, 0) is 55.7 Å². The predicted molar refractivity (Wildman–Crippen MR) is 95.7 cm³/mol. The minimum Gasteiger partial charge on any atom is -0.479 e. The van der Waals surface area contributed by atoms with E-state index < -0.39 is 11.5 Å². The third-order valence-corrected chi connectivity index (χ3v) is 5.19. The van der Waals surface area contributed by atoms with Crippen molar-refractivity contribution in [2.24, 2.45) is 0 Å². The second-order valence-electron chi connectivity index (χ2n) is 6.86. The summed E-state index contributed by atoms with van der Waals surface area (Å²) in [5.74, 6) is -0.162. The summed E-state index contributed by atoms with van der Waals surface area (Å²) in [5.41, 5.74) is 1.09. The molecule has 26 heavy (non-hydrogen) atoms. The van der Waals surface area contributed by atoms with Crippen molar-refractivity contribution in [3.8, 4) is 5.75 Å². The standard InChI is InChI=1S/C20H19FN2O3/c1-12-18(24)23-16-11-15(6-7-17(16)26-12)22-19(25)20(8-3-9-20)13-4-2-5-14(21)10-13/h2,4-7,10-12H,3,8-9H2,1H3,(H,22,25)(H,23,24). The first-order valence-corrected chi connectivity index (χ1v) is 8.67. The molecule has 6 heteroatoms. The van der Waals surface area contributed by atoms with Crippen LogP contribution in [0.4, 0.5) is 15.8 Å². The summed E-state index contributed by atoms with van der Waals surface area (Å²) < 4.78 is 19.1. The Labute approximate surface area is 150 Å². The molecule has 1 atom stereocenters. The molecule has 2 amide bonds. The highest BCUT2D eigenvalue weighted by molar-refractivity contribution is 6.02. The van der Waals surface area contributed by atoms with Crippen LogP contribution in [0.15, 0.2) is 42.5 Å². The molecule has 134 valence electrons. The van der Waals surface area contributed by atoms with Gasteiger partial charge in [0.1, 0.15) is 11.6 Å². The number of hydrogen-bond donors (Lipinski definition) is 2. The highest BCUT2D eigenvalue weighted by atomic mass is 19.1. The molecular formula is C20H19FN2O3. The lowest BCUT2D eigenvalue weighted by Crippen LogP contribution is -2.46. The van der Waals surface area contributed by atoms with Gasteiger partial charge in [-0.1, -0.05) is 18.6 Å². The summed E-state index contributed by atoms with van der Waals surface area (Å²) >= 11 is 0. The van der Waals surface area contributed by atoms with Gasteiger partial charge >= 0.3 is 0 Å². The molecule has 0 radical (unpaired) electrons. The number of ether oxygens (including phenoxy) is 1. The molecular weight excluding hydrogens is 335 g/mol. The van der Waals surface area contributed by atoms with E-state index >= 15 is 0 Å². The summed E-state index contributed by atoms with van der Waals surface area (Å²) in [7, 11) is 0. The molecule has 2 aromatic rings. The number of hydrogen-bond acceptors (Lipinski definition) is 3. The van der Waals surface area contributed by atoms with Crippen LogP contribution in [0.2, 0.25) is 0 Å². The Hall–Kier alpha value is -2.89. The van der Waals surface area contributed by atoms with Crippen LogP contribution in [0, 0.1) is 5.82 Å². The fourth-order valence-corrected chi connectivity index (χ4v) is 3.50. The number of anilines is 2. The number of carbonyl (C=O) groups excluding carboxylic acids is 2. The first-order valence-electron chi connectivity index (χ1n) is 8.67. The molecule has 0 spiro atoms. The second-order valence-corrected chi connectivity index (χ2v) is 6.86. The van der Waals surface area contributed by atoms with Gasteiger partial charge in [0.25, 0.3) is 5.91 Å². The largest absolute Gasteiger partial charge is 0.479 e. The average Bonchev–Trinajstić information content (AvgIpc) is 2.55. The van der Waals surface area contributed by atoms with Crippen molar-refractivity contribution in [2.75, 3.05) is 10.6 Å². The Balaban J connectivity index is 1.58. The zero-order valence-corrected chi connectivity index (χ0v) is 14.3. The van der Waals surface area contributed by atoms with Crippen molar-refractivity contribution in [2.45, 2.75) is 37.7 Å². The fourth-order valence-electron chi connectivity index (χ4n) is 3.50. The van der Waals surface area contributed by atoms with E-state index in [1.165, 1.54) is 12.1 Å². The van der Waals surface area contributed by atoms with Gasteiger partial charge in [0.05, 0.1) is 11.1 Å². The van der Waals surface area contributed by atoms with Crippen LogP contribution in [0.3, 0.4) is 0 Å². The maximum atomic E-state index is 13.6. The molecule has 4 rings (SSSR count). The number of nitrogens with one attached hydrogen (secondary N) is 2. The van der Waals surface area contributed by atoms with Crippen LogP contribution in [-0.4, -0.2) is 17.9 Å². The number of benzene rings is 2. The van der Waals surface area contributed by atoms with Crippen LogP contribution in [-0.2, 0) is 15.0 Å². The molecule has 1 heterocycles. The quantitative estimate of drug-likeness (QED) is 0.885. The van der Waals surface area contributed by atoms with Crippen molar-refractivity contribution in [1.29, 1.82) is 0 Å². The van der Waals surface area contributed by atoms with Crippen molar-refractivity contribution >= 4 is 23.2 Å². The molecule has 1 fully saturated rings. The van der Waals surface area contributed by atoms with Gasteiger partial charge in [0.2, 0.25) is 5.91 Å². The Bertz CT molecular complexity index is 892. The third-order valence-electron chi connectivity index (χ3n) is 5.19. The average molecular weight is 354 g/mol. The van der Waals surface area contributed by atoms with Gasteiger partial charge in [0, 0.05) is 5.69 Å². The van der Waals surface area contributed by atoms with E-state index in [9.17, 15) is 14.0 Å². The molecule has 5 nitrogen and oxygen atoms in total. The maximum absolute atomic E-state index is 13.6. The Kier molecular flexibility index (Phi) is 3.90. The molecule has 1 aliphatic heterocycles. The van der Waals surface area contributed by atoms with E-state index in [0.29, 0.717) is 35.5 Å². The summed E-state index contributed by atoms with van der Waals surface area (Å²) in [6.07, 6.45) is 1.75. The lowest BCUT2D eigenvalue weighted by Gasteiger charge is -2.40. The molecule has 0 saturated heterocycles. The van der Waals surface area contributed by atoms with Crippen LogP contribution < -0.4 is 15.4 Å². The summed E-state index contributed by atoms with van der Waals surface area (Å²) in [6.45, 7) is 1.67. The van der Waals surface area contributed by atoms with Crippen molar-refractivity contribution in [3.05, 3.63) is 53.8 Å². The number of carbonyl (C=O) groups is 2. The first-order chi connectivity index (χ1) is 12.5. The molecule has 1 saturated carbocycles. The van der Waals surface area contributed by atoms with Crippen LogP contribution in [0.25, 0.3) is 0 Å². The van der Waals surface area contributed by atoms with Gasteiger partial charge in [-0.15, -0.1) is 0 Å². The van der Waals surface area contributed by atoms with Crippen molar-refractivity contribution in [3.63, 3.8) is 0 Å². The highest BCUT2D eigenvalue weighted by Crippen LogP contribution is 2.45. The lowest BCUT2D eigenvalue weighted by atomic mass is 9.63. The minimum atomic E-state index is -0.702. The Morgan fingerprint density at radius 2 is 2.08 bits per heavy atom. The number of fused-ring (bicyclic) bond motifs is 1. The third kappa shape index (κ3) is 2.71. The van der Waals surface area contributed by atoms with E-state index in [2.05, 4.69) is 10.6 Å². The molecule has 1 unspecified atom stereocenters. The van der Waals surface area contributed by atoms with Gasteiger partial charge < -0.3 is 15.4 Å². The van der Waals surface area contributed by atoms with E-state index in [0.717, 1.165) is 6.42 Å². The zero-order valence-electron chi connectivity index (χ0n) is 14.3. The van der Waals surface area contributed by atoms with Gasteiger partial charge in [0.15, 0.2) is 6.10 Å². The van der Waals surface area contributed by atoms with Crippen LogP contribution >= 0.6 is 0 Å². The molecule has 1 aliphatic carbocycles. The van der Waals surface area contributed by atoms with Crippen LogP contribution in [0.1, 0.15) is 31.7 Å². The van der Waals surface area contributed by atoms with E-state index in [1.807, 2.05) is 0 Å². The van der Waals surface area contributed by atoms with Gasteiger partial charge in [-0.25, -0.2) is 4.39 Å². The van der Waals surface area contributed by atoms with E-state index in [4.69, 9.17) is 4.74 Å². The number of halogens is 1. The molecule has 2 aromatic carbocycles. The smallest absolute Gasteiger partial charge is 0.265 e. The molecule has 0 bridgehead atoms. The Morgan fingerprint density at radius 3 is 2.77 bits per heavy atom. The first kappa shape index (κ1) is 16.6. The second kappa shape index (κ2) is 6.12. The number of rotatable bonds is 3. The van der Waals surface area contributed by atoms with Crippen molar-refractivity contribution in [1.82, 2.24) is 0 Å².